The Morgan fingerprint density at radius 3 is 2.81 bits per heavy atom. The van der Waals surface area contributed by atoms with Crippen molar-refractivity contribution in [3.05, 3.63) is 36.4 Å². The molecule has 0 aliphatic carbocycles. The first-order valence-electron chi connectivity index (χ1n) is 11.5. The van der Waals surface area contributed by atoms with Crippen molar-refractivity contribution in [1.29, 1.82) is 0 Å². The van der Waals surface area contributed by atoms with Crippen molar-refractivity contribution >= 4 is 27.5 Å². The predicted octanol–water partition coefficient (Wildman–Crippen LogP) is 2.19. The van der Waals surface area contributed by atoms with Gasteiger partial charge in [-0.1, -0.05) is 26.8 Å². The number of amides is 1. The molecule has 3 N–H and O–H groups in total. The summed E-state index contributed by atoms with van der Waals surface area (Å²) in [7, 11) is -0.491. The standard InChI is InChI=1S/C23H36N6O2S/c1-5-7-16(3)17(4)24-13-20(30)18-12-25-23-26-14-21(28-32(23)15-18)27-19-8-10-29(11-9-19)22(31)6-2/h6,12,14,16-17,19,24,27H,2,5,7-11,13,15H2,1,3-4H3,(H,25,26)/t16-,17?,32?/m0/s1. The molecule has 9 heteroatoms. The summed E-state index contributed by atoms with van der Waals surface area (Å²) in [6, 6.07) is 0.567. The molecule has 1 saturated heterocycles. The van der Waals surface area contributed by atoms with Crippen molar-refractivity contribution in [3.8, 4) is 0 Å². The van der Waals surface area contributed by atoms with Gasteiger partial charge in [0.2, 0.25) is 5.91 Å². The summed E-state index contributed by atoms with van der Waals surface area (Å²) in [5.74, 6) is 1.99. The molecule has 0 spiro atoms. The minimum Gasteiger partial charge on any atom is -0.365 e. The van der Waals surface area contributed by atoms with Gasteiger partial charge in [-0.15, -0.1) is 0 Å². The average molecular weight is 461 g/mol. The Labute approximate surface area is 193 Å². The van der Waals surface area contributed by atoms with E-state index in [1.165, 1.54) is 6.08 Å². The normalized spacial score (nSPS) is 22.8. The maximum absolute atomic E-state index is 12.7. The van der Waals surface area contributed by atoms with Crippen molar-refractivity contribution in [2.24, 2.45) is 15.3 Å². The summed E-state index contributed by atoms with van der Waals surface area (Å²) < 4.78 is 4.82. The van der Waals surface area contributed by atoms with Crippen LogP contribution in [-0.2, 0) is 20.3 Å². The summed E-state index contributed by atoms with van der Waals surface area (Å²) in [5, 5.41) is 10.9. The van der Waals surface area contributed by atoms with Gasteiger partial charge < -0.3 is 20.9 Å². The molecule has 0 aromatic heterocycles. The third-order valence-corrected chi connectivity index (χ3v) is 7.94. The molecule has 3 rings (SSSR count). The van der Waals surface area contributed by atoms with E-state index in [0.29, 0.717) is 37.3 Å². The van der Waals surface area contributed by atoms with Crippen molar-refractivity contribution in [2.45, 2.75) is 58.5 Å². The number of Topliss-reactive ketones (excluding diaryl/α,β-unsaturated/α-hetero) is 1. The van der Waals surface area contributed by atoms with Crippen LogP contribution in [0.3, 0.4) is 0 Å². The second-order valence-corrected chi connectivity index (χ2v) is 10.3. The first-order chi connectivity index (χ1) is 15.4. The number of aliphatic imine (C=N–C) groups is 1. The third kappa shape index (κ3) is 6.38. The molecule has 1 amide bonds. The molecule has 0 radical (unpaired) electrons. The SMILES string of the molecule is C=CC(=O)N1CCC(NC2=CNC3=NC=C(C(=O)CNC(C)[C@@H](C)CCC)CS3=N2)CC1. The number of rotatable bonds is 10. The number of ketones is 1. The van der Waals surface area contributed by atoms with E-state index in [-0.39, 0.29) is 17.7 Å². The molecule has 0 aromatic carbocycles. The Bertz CT molecular complexity index is 855. The van der Waals surface area contributed by atoms with E-state index < -0.39 is 10.7 Å². The van der Waals surface area contributed by atoms with E-state index in [2.05, 4.69) is 48.3 Å². The van der Waals surface area contributed by atoms with Gasteiger partial charge in [-0.2, -0.15) is 0 Å². The van der Waals surface area contributed by atoms with Crippen LogP contribution in [0.2, 0.25) is 0 Å². The molecule has 0 bridgehead atoms. The minimum atomic E-state index is -0.491. The highest BCUT2D eigenvalue weighted by Crippen LogP contribution is 2.17. The lowest BCUT2D eigenvalue weighted by atomic mass is 9.98. The smallest absolute Gasteiger partial charge is 0.245 e. The highest BCUT2D eigenvalue weighted by atomic mass is 32.2. The van der Waals surface area contributed by atoms with Gasteiger partial charge in [0.25, 0.3) is 0 Å². The lowest BCUT2D eigenvalue weighted by molar-refractivity contribution is -0.127. The second-order valence-electron chi connectivity index (χ2n) is 8.67. The highest BCUT2D eigenvalue weighted by molar-refractivity contribution is 8.02. The van der Waals surface area contributed by atoms with Gasteiger partial charge in [-0.05, 0) is 48.9 Å². The van der Waals surface area contributed by atoms with Crippen LogP contribution in [-0.4, -0.2) is 59.2 Å². The average Bonchev–Trinajstić information content (AvgIpc) is 2.81. The first kappa shape index (κ1) is 24.4. The molecular weight excluding hydrogens is 424 g/mol. The molecule has 3 heterocycles. The molecule has 1 fully saturated rings. The van der Waals surface area contributed by atoms with Crippen molar-refractivity contribution in [3.63, 3.8) is 0 Å². The predicted molar refractivity (Wildman–Crippen MR) is 131 cm³/mol. The van der Waals surface area contributed by atoms with Gasteiger partial charge in [-0.25, -0.2) is 9.36 Å². The topological polar surface area (TPSA) is 98.2 Å². The fourth-order valence-electron chi connectivity index (χ4n) is 3.98. The molecule has 8 nitrogen and oxygen atoms in total. The maximum Gasteiger partial charge on any atom is 0.245 e. The zero-order valence-electron chi connectivity index (χ0n) is 19.4. The largest absolute Gasteiger partial charge is 0.365 e. The number of amidine groups is 1. The van der Waals surface area contributed by atoms with E-state index in [4.69, 9.17) is 4.36 Å². The van der Waals surface area contributed by atoms with Crippen molar-refractivity contribution in [1.82, 2.24) is 20.9 Å². The van der Waals surface area contributed by atoms with Crippen LogP contribution >= 0.6 is 0 Å². The summed E-state index contributed by atoms with van der Waals surface area (Å²) in [5.41, 5.74) is 0.725. The first-order valence-corrected chi connectivity index (χ1v) is 12.9. The Balaban J connectivity index is 1.51. The second kappa shape index (κ2) is 11.6. The van der Waals surface area contributed by atoms with Gasteiger partial charge in [0.1, 0.15) is 5.82 Å². The molecule has 0 saturated carbocycles. The molecular formula is C23H36N6O2S. The number of nitrogens with zero attached hydrogens (tertiary/aromatic N) is 3. The van der Waals surface area contributed by atoms with Crippen molar-refractivity contribution < 1.29 is 9.59 Å². The lowest BCUT2D eigenvalue weighted by Gasteiger charge is -2.32. The quantitative estimate of drug-likeness (QED) is 0.434. The zero-order chi connectivity index (χ0) is 23.1. The molecule has 2 unspecified atom stereocenters. The fourth-order valence-corrected chi connectivity index (χ4v) is 5.51. The Morgan fingerprint density at radius 1 is 1.38 bits per heavy atom. The Morgan fingerprint density at radius 2 is 2.12 bits per heavy atom. The molecule has 176 valence electrons. The number of hydrogen-bond donors (Lipinski definition) is 3. The lowest BCUT2D eigenvalue weighted by Crippen LogP contribution is -2.45. The van der Waals surface area contributed by atoms with E-state index in [1.54, 1.807) is 6.20 Å². The van der Waals surface area contributed by atoms with Crippen LogP contribution in [0.15, 0.2) is 45.8 Å². The third-order valence-electron chi connectivity index (χ3n) is 6.27. The van der Waals surface area contributed by atoms with E-state index >= 15 is 0 Å². The van der Waals surface area contributed by atoms with E-state index in [0.717, 1.165) is 42.2 Å². The van der Waals surface area contributed by atoms with Crippen LogP contribution < -0.4 is 16.0 Å². The molecule has 3 aliphatic rings. The summed E-state index contributed by atoms with van der Waals surface area (Å²) in [4.78, 5) is 30.8. The Hall–Kier alpha value is -2.26. The van der Waals surface area contributed by atoms with Gasteiger partial charge in [0, 0.05) is 48.9 Å². The van der Waals surface area contributed by atoms with Crippen LogP contribution in [0, 0.1) is 5.92 Å². The molecule has 3 atom stereocenters. The number of likely N-dealkylation sites (tertiary alicyclic amines) is 1. The van der Waals surface area contributed by atoms with E-state index in [1.807, 2.05) is 11.1 Å². The number of piperidine rings is 1. The Kier molecular flexibility index (Phi) is 8.81. The highest BCUT2D eigenvalue weighted by Gasteiger charge is 2.25. The maximum atomic E-state index is 12.7. The van der Waals surface area contributed by atoms with Gasteiger partial charge in [0.15, 0.2) is 11.0 Å². The molecule has 32 heavy (non-hydrogen) atoms. The number of carbonyl (C=O) groups is 2. The molecule has 0 aromatic rings. The van der Waals surface area contributed by atoms with Crippen LogP contribution in [0.5, 0.6) is 0 Å². The van der Waals surface area contributed by atoms with Crippen LogP contribution in [0.1, 0.15) is 46.5 Å². The summed E-state index contributed by atoms with van der Waals surface area (Å²) in [6.45, 7) is 11.9. The van der Waals surface area contributed by atoms with Crippen LogP contribution in [0.4, 0.5) is 0 Å². The van der Waals surface area contributed by atoms with Gasteiger partial charge in [-0.3, -0.25) is 9.59 Å². The van der Waals surface area contributed by atoms with Gasteiger partial charge >= 0.3 is 0 Å². The zero-order valence-corrected chi connectivity index (χ0v) is 20.2. The van der Waals surface area contributed by atoms with E-state index in [9.17, 15) is 9.59 Å². The summed E-state index contributed by atoms with van der Waals surface area (Å²) >= 11 is 0. The number of hydrogen-bond acceptors (Lipinski definition) is 7. The number of carbonyl (C=O) groups excluding carboxylic acids is 2. The fraction of sp³-hybridized carbons (Fsp3) is 0.609. The summed E-state index contributed by atoms with van der Waals surface area (Å²) in [6.07, 6.45) is 8.93. The van der Waals surface area contributed by atoms with Crippen LogP contribution in [0.25, 0.3) is 0 Å². The monoisotopic (exact) mass is 460 g/mol. The number of fused-ring (bicyclic) bond motifs is 1. The molecule has 3 aliphatic heterocycles. The number of nitrogens with one attached hydrogen (secondary N) is 3. The van der Waals surface area contributed by atoms with Gasteiger partial charge in [0.05, 0.1) is 6.54 Å². The minimum absolute atomic E-state index is 0.0103. The van der Waals surface area contributed by atoms with Crippen molar-refractivity contribution in [2.75, 3.05) is 25.4 Å².